The Morgan fingerprint density at radius 3 is 2.47 bits per heavy atom. The van der Waals surface area contributed by atoms with Crippen molar-refractivity contribution in [2.75, 3.05) is 0 Å². The summed E-state index contributed by atoms with van der Waals surface area (Å²) in [6, 6.07) is 0. The minimum atomic E-state index is -0.565. The first kappa shape index (κ1) is 11.7. The van der Waals surface area contributed by atoms with Gasteiger partial charge in [0.1, 0.15) is 5.78 Å². The van der Waals surface area contributed by atoms with Crippen LogP contribution in [0, 0.1) is 28.6 Å². The second kappa shape index (κ2) is 2.96. The van der Waals surface area contributed by atoms with E-state index in [1.165, 1.54) is 0 Å². The van der Waals surface area contributed by atoms with Gasteiger partial charge in [0.15, 0.2) is 0 Å². The van der Waals surface area contributed by atoms with Gasteiger partial charge >= 0.3 is 0 Å². The Bertz CT molecular complexity index is 382. The molecule has 3 aliphatic carbocycles. The van der Waals surface area contributed by atoms with Crippen LogP contribution in [-0.4, -0.2) is 16.5 Å². The predicted molar refractivity (Wildman–Crippen MR) is 66.5 cm³/mol. The van der Waals surface area contributed by atoms with Gasteiger partial charge in [-0.3, -0.25) is 4.79 Å². The fourth-order valence-electron chi connectivity index (χ4n) is 5.35. The summed E-state index contributed by atoms with van der Waals surface area (Å²) in [6.45, 7) is 8.64. The van der Waals surface area contributed by atoms with Crippen LogP contribution in [0.15, 0.2) is 0 Å². The summed E-state index contributed by atoms with van der Waals surface area (Å²) in [5.74, 6) is 1.42. The fourth-order valence-corrected chi connectivity index (χ4v) is 5.35. The van der Waals surface area contributed by atoms with Crippen LogP contribution < -0.4 is 0 Å². The van der Waals surface area contributed by atoms with Gasteiger partial charge in [-0.15, -0.1) is 0 Å². The number of rotatable bonds is 0. The number of carbonyl (C=O) groups is 1. The number of hydrogen-bond acceptors (Lipinski definition) is 2. The van der Waals surface area contributed by atoms with Crippen molar-refractivity contribution >= 4 is 5.78 Å². The molecule has 0 aromatic rings. The molecule has 3 saturated carbocycles. The molecule has 0 aromatic carbocycles. The van der Waals surface area contributed by atoms with E-state index in [9.17, 15) is 9.90 Å². The van der Waals surface area contributed by atoms with E-state index in [-0.39, 0.29) is 16.7 Å². The molecule has 17 heavy (non-hydrogen) atoms. The highest BCUT2D eigenvalue weighted by molar-refractivity contribution is 5.87. The molecular weight excluding hydrogens is 212 g/mol. The van der Waals surface area contributed by atoms with Crippen LogP contribution in [0.1, 0.15) is 53.4 Å². The average Bonchev–Trinajstić information content (AvgIpc) is 2.66. The van der Waals surface area contributed by atoms with Gasteiger partial charge in [-0.05, 0) is 42.4 Å². The molecule has 3 fully saturated rings. The Labute approximate surface area is 104 Å². The van der Waals surface area contributed by atoms with E-state index in [0.29, 0.717) is 24.0 Å². The highest BCUT2D eigenvalue weighted by Gasteiger charge is 2.73. The zero-order valence-electron chi connectivity index (χ0n) is 11.4. The van der Waals surface area contributed by atoms with Crippen molar-refractivity contribution in [2.45, 2.75) is 59.0 Å². The quantitative estimate of drug-likeness (QED) is 0.702. The smallest absolute Gasteiger partial charge is 0.137 e. The third-order valence-electron chi connectivity index (χ3n) is 6.05. The number of fused-ring (bicyclic) bond motifs is 3. The maximum absolute atomic E-state index is 12.2. The van der Waals surface area contributed by atoms with Crippen molar-refractivity contribution < 1.29 is 9.90 Å². The van der Waals surface area contributed by atoms with E-state index in [0.717, 1.165) is 19.3 Å². The lowest BCUT2D eigenvalue weighted by molar-refractivity contribution is -0.145. The largest absolute Gasteiger partial charge is 0.390 e. The van der Waals surface area contributed by atoms with Crippen molar-refractivity contribution in [3.63, 3.8) is 0 Å². The molecule has 0 saturated heterocycles. The van der Waals surface area contributed by atoms with Gasteiger partial charge in [0.05, 0.1) is 5.60 Å². The van der Waals surface area contributed by atoms with Crippen molar-refractivity contribution in [1.29, 1.82) is 0 Å². The normalized spacial score (nSPS) is 56.1. The summed E-state index contributed by atoms with van der Waals surface area (Å²) in [5.41, 5.74) is -0.390. The standard InChI is InChI=1S/C15H24O2/c1-13(2)10-9(16)8-14(3)6-5-7-15(4,17)12(14)11(10)13/h10-12,17H,5-8H2,1-4H3/t10?,11?,12-,14-,15-/m0/s1. The summed E-state index contributed by atoms with van der Waals surface area (Å²) in [5, 5.41) is 10.7. The number of ketones is 1. The first-order valence-electron chi connectivity index (χ1n) is 6.95. The molecule has 2 nitrogen and oxygen atoms in total. The van der Waals surface area contributed by atoms with E-state index >= 15 is 0 Å². The summed E-state index contributed by atoms with van der Waals surface area (Å²) in [6.07, 6.45) is 3.77. The molecule has 3 rings (SSSR count). The lowest BCUT2D eigenvalue weighted by atomic mass is 9.54. The monoisotopic (exact) mass is 236 g/mol. The van der Waals surface area contributed by atoms with Crippen molar-refractivity contribution in [3.8, 4) is 0 Å². The number of hydrogen-bond donors (Lipinski definition) is 1. The fraction of sp³-hybridized carbons (Fsp3) is 0.933. The lowest BCUT2D eigenvalue weighted by Crippen LogP contribution is -2.52. The maximum atomic E-state index is 12.2. The number of aliphatic hydroxyl groups is 1. The summed E-state index contributed by atoms with van der Waals surface area (Å²) in [4.78, 5) is 12.2. The average molecular weight is 236 g/mol. The van der Waals surface area contributed by atoms with Crippen LogP contribution in [0.2, 0.25) is 0 Å². The predicted octanol–water partition coefficient (Wildman–Crippen LogP) is 2.79. The van der Waals surface area contributed by atoms with Crippen LogP contribution in [0.3, 0.4) is 0 Å². The molecule has 0 radical (unpaired) electrons. The molecule has 5 atom stereocenters. The van der Waals surface area contributed by atoms with Gasteiger partial charge in [-0.1, -0.05) is 27.2 Å². The molecule has 2 unspecified atom stereocenters. The third kappa shape index (κ3) is 1.34. The van der Waals surface area contributed by atoms with Crippen LogP contribution in [-0.2, 0) is 4.79 Å². The SMILES string of the molecule is CC1(C)C2C(=O)C[C@]3(C)CCC[C@](C)(O)[C@H]3C21. The first-order valence-corrected chi connectivity index (χ1v) is 6.95. The molecule has 0 heterocycles. The molecule has 0 aliphatic heterocycles. The Hall–Kier alpha value is -0.370. The number of carbonyl (C=O) groups excluding carboxylic acids is 1. The second-order valence-electron chi connectivity index (χ2n) is 7.81. The second-order valence-corrected chi connectivity index (χ2v) is 7.81. The van der Waals surface area contributed by atoms with Gasteiger partial charge in [0.25, 0.3) is 0 Å². The van der Waals surface area contributed by atoms with Crippen LogP contribution in [0.25, 0.3) is 0 Å². The third-order valence-corrected chi connectivity index (χ3v) is 6.05. The Morgan fingerprint density at radius 1 is 1.18 bits per heavy atom. The molecule has 0 bridgehead atoms. The van der Waals surface area contributed by atoms with Gasteiger partial charge in [0.2, 0.25) is 0 Å². The Kier molecular flexibility index (Phi) is 2.04. The zero-order valence-corrected chi connectivity index (χ0v) is 11.4. The lowest BCUT2D eigenvalue weighted by Gasteiger charge is -2.52. The summed E-state index contributed by atoms with van der Waals surface area (Å²) in [7, 11) is 0. The highest BCUT2D eigenvalue weighted by atomic mass is 16.3. The zero-order chi connectivity index (χ0) is 12.6. The van der Waals surface area contributed by atoms with Gasteiger partial charge in [0, 0.05) is 12.3 Å². The molecule has 0 amide bonds. The summed E-state index contributed by atoms with van der Waals surface area (Å²) >= 11 is 0. The summed E-state index contributed by atoms with van der Waals surface area (Å²) < 4.78 is 0. The highest BCUT2D eigenvalue weighted by Crippen LogP contribution is 2.73. The Balaban J connectivity index is 2.04. The Morgan fingerprint density at radius 2 is 1.82 bits per heavy atom. The minimum Gasteiger partial charge on any atom is -0.390 e. The molecule has 0 aromatic heterocycles. The topological polar surface area (TPSA) is 37.3 Å². The van der Waals surface area contributed by atoms with Crippen LogP contribution in [0.5, 0.6) is 0 Å². The van der Waals surface area contributed by atoms with Gasteiger partial charge in [-0.2, -0.15) is 0 Å². The van der Waals surface area contributed by atoms with Crippen molar-refractivity contribution in [1.82, 2.24) is 0 Å². The number of Topliss-reactive ketones (excluding diaryl/α,β-unsaturated/α-hetero) is 1. The molecule has 3 aliphatic rings. The first-order chi connectivity index (χ1) is 7.70. The minimum absolute atomic E-state index is 0.0494. The van der Waals surface area contributed by atoms with E-state index in [4.69, 9.17) is 0 Å². The molecule has 96 valence electrons. The maximum Gasteiger partial charge on any atom is 0.137 e. The van der Waals surface area contributed by atoms with Gasteiger partial charge < -0.3 is 5.11 Å². The van der Waals surface area contributed by atoms with E-state index in [2.05, 4.69) is 20.8 Å². The van der Waals surface area contributed by atoms with Crippen LogP contribution >= 0.6 is 0 Å². The van der Waals surface area contributed by atoms with Crippen molar-refractivity contribution in [2.24, 2.45) is 28.6 Å². The van der Waals surface area contributed by atoms with E-state index in [1.807, 2.05) is 6.92 Å². The molecule has 0 spiro atoms. The van der Waals surface area contributed by atoms with Crippen molar-refractivity contribution in [3.05, 3.63) is 0 Å². The molecule has 2 heteroatoms. The van der Waals surface area contributed by atoms with E-state index < -0.39 is 5.60 Å². The molecular formula is C15H24O2. The van der Waals surface area contributed by atoms with Gasteiger partial charge in [-0.25, -0.2) is 0 Å². The molecule has 1 N–H and O–H groups in total. The van der Waals surface area contributed by atoms with Crippen LogP contribution in [0.4, 0.5) is 0 Å². The van der Waals surface area contributed by atoms with E-state index in [1.54, 1.807) is 0 Å².